The van der Waals surface area contributed by atoms with Gasteiger partial charge >= 0.3 is 0 Å². The predicted molar refractivity (Wildman–Crippen MR) is 201 cm³/mol. The molecule has 0 saturated heterocycles. The largest absolute Gasteiger partial charge is 0.272 e. The van der Waals surface area contributed by atoms with E-state index in [9.17, 15) is 0 Å². The molecule has 0 radical (unpaired) electrons. The fraction of sp³-hybridized carbons (Fsp3) is 0.0769. The standard InChI is InChI=1S/C39H27N15/c1-22-10-4-7-13-25(22)52-34-28(40-16-19-43-34)49-37(52)31-46-32(38-50-29-35(44-20-17-41-29)53(38)26-14-8-5-11-23(26)2)48-33(47-31)39-51-30-36(45-21-18-42-30)54(39)27-15-9-6-12-24(27)3/h4-21H,1-3H3. The van der Waals surface area contributed by atoms with E-state index >= 15 is 0 Å². The second-order valence-corrected chi connectivity index (χ2v) is 12.6. The van der Waals surface area contributed by atoms with Crippen molar-refractivity contribution in [3.63, 3.8) is 0 Å². The van der Waals surface area contributed by atoms with Crippen molar-refractivity contribution >= 4 is 33.9 Å². The van der Waals surface area contributed by atoms with E-state index in [2.05, 4.69) is 15.0 Å². The number of hydrogen-bond donors (Lipinski definition) is 0. The summed E-state index contributed by atoms with van der Waals surface area (Å²) in [7, 11) is 0. The minimum Gasteiger partial charge on any atom is -0.272 e. The molecule has 0 aliphatic carbocycles. The first-order valence-electron chi connectivity index (χ1n) is 17.1. The quantitative estimate of drug-likeness (QED) is 0.193. The summed E-state index contributed by atoms with van der Waals surface area (Å²) in [5.74, 6) is 1.94. The molecule has 54 heavy (non-hydrogen) atoms. The highest BCUT2D eigenvalue weighted by Crippen LogP contribution is 2.33. The third-order valence-corrected chi connectivity index (χ3v) is 9.19. The number of hydrogen-bond acceptors (Lipinski definition) is 12. The van der Waals surface area contributed by atoms with Gasteiger partial charge in [-0.15, -0.1) is 0 Å². The molecule has 0 amide bonds. The first-order chi connectivity index (χ1) is 26.5. The summed E-state index contributed by atoms with van der Waals surface area (Å²) in [6.07, 6.45) is 9.76. The van der Waals surface area contributed by atoms with Gasteiger partial charge in [0.15, 0.2) is 51.4 Å². The molecule has 0 atom stereocenters. The summed E-state index contributed by atoms with van der Waals surface area (Å²) in [5, 5.41) is 0. The average molecular weight is 706 g/mol. The molecule has 0 bridgehead atoms. The topological polar surface area (TPSA) is 169 Å². The predicted octanol–water partition coefficient (Wildman–Crippen LogP) is 6.18. The zero-order chi connectivity index (χ0) is 36.3. The second-order valence-electron chi connectivity index (χ2n) is 12.6. The molecule has 3 aromatic carbocycles. The molecule has 0 aliphatic rings. The van der Waals surface area contributed by atoms with E-state index < -0.39 is 0 Å². The van der Waals surface area contributed by atoms with Crippen LogP contribution in [0, 0.1) is 20.8 Å². The van der Waals surface area contributed by atoms with Gasteiger partial charge in [-0.1, -0.05) is 54.6 Å². The van der Waals surface area contributed by atoms with Crippen LogP contribution in [-0.4, -0.2) is 73.5 Å². The molecule has 0 spiro atoms. The van der Waals surface area contributed by atoms with Gasteiger partial charge in [0.25, 0.3) is 0 Å². The van der Waals surface area contributed by atoms with E-state index in [0.717, 1.165) is 33.8 Å². The Labute approximate surface area is 306 Å². The lowest BCUT2D eigenvalue weighted by Crippen LogP contribution is -2.10. The highest BCUT2D eigenvalue weighted by molar-refractivity contribution is 5.80. The lowest BCUT2D eigenvalue weighted by molar-refractivity contribution is 0.949. The van der Waals surface area contributed by atoms with Gasteiger partial charge < -0.3 is 0 Å². The Kier molecular flexibility index (Phi) is 7.04. The molecule has 7 aromatic heterocycles. The van der Waals surface area contributed by atoms with Crippen LogP contribution in [0.3, 0.4) is 0 Å². The zero-order valence-corrected chi connectivity index (χ0v) is 29.1. The third-order valence-electron chi connectivity index (χ3n) is 9.19. The van der Waals surface area contributed by atoms with Gasteiger partial charge in [-0.05, 0) is 55.7 Å². The van der Waals surface area contributed by atoms with E-state index in [0.29, 0.717) is 51.4 Å². The molecule has 10 rings (SSSR count). The highest BCUT2D eigenvalue weighted by atomic mass is 15.3. The van der Waals surface area contributed by atoms with Crippen molar-refractivity contribution in [2.75, 3.05) is 0 Å². The number of imidazole rings is 3. The number of aromatic nitrogens is 15. The Hall–Kier alpha value is -7.68. The van der Waals surface area contributed by atoms with Gasteiger partial charge in [-0.3, -0.25) is 13.7 Å². The van der Waals surface area contributed by atoms with Crippen LogP contribution in [0.5, 0.6) is 0 Å². The van der Waals surface area contributed by atoms with Gasteiger partial charge in [0.1, 0.15) is 0 Å². The molecule has 0 fully saturated rings. The summed E-state index contributed by atoms with van der Waals surface area (Å²) < 4.78 is 5.75. The van der Waals surface area contributed by atoms with Crippen LogP contribution in [0.25, 0.3) is 85.9 Å². The fourth-order valence-corrected chi connectivity index (χ4v) is 6.69. The van der Waals surface area contributed by atoms with Crippen molar-refractivity contribution in [3.8, 4) is 52.0 Å². The van der Waals surface area contributed by atoms with Crippen LogP contribution in [0.4, 0.5) is 0 Å². The second kappa shape index (κ2) is 12.2. The number of benzene rings is 3. The van der Waals surface area contributed by atoms with Crippen molar-refractivity contribution in [2.24, 2.45) is 0 Å². The molecule has 15 heteroatoms. The summed E-state index contributed by atoms with van der Waals surface area (Å²) in [5.41, 5.74) is 8.46. The van der Waals surface area contributed by atoms with Gasteiger partial charge in [0, 0.05) is 37.2 Å². The fourth-order valence-electron chi connectivity index (χ4n) is 6.69. The van der Waals surface area contributed by atoms with Crippen molar-refractivity contribution in [2.45, 2.75) is 20.8 Å². The molecular weight excluding hydrogens is 679 g/mol. The zero-order valence-electron chi connectivity index (χ0n) is 29.1. The Bertz CT molecular complexity index is 2730. The maximum absolute atomic E-state index is 5.13. The summed E-state index contributed by atoms with van der Waals surface area (Å²) >= 11 is 0. The van der Waals surface area contributed by atoms with E-state index in [-0.39, 0.29) is 17.5 Å². The summed E-state index contributed by atoms with van der Waals surface area (Å²) in [6.45, 7) is 6.09. The minimum atomic E-state index is 0.242. The van der Waals surface area contributed by atoms with Crippen LogP contribution in [0.15, 0.2) is 110 Å². The normalized spacial score (nSPS) is 11.6. The molecule has 0 aliphatic heterocycles. The third kappa shape index (κ3) is 4.90. The monoisotopic (exact) mass is 705 g/mol. The van der Waals surface area contributed by atoms with Crippen molar-refractivity contribution < 1.29 is 0 Å². The van der Waals surface area contributed by atoms with Gasteiger partial charge in [-0.25, -0.2) is 59.8 Å². The lowest BCUT2D eigenvalue weighted by atomic mass is 10.2. The number of fused-ring (bicyclic) bond motifs is 3. The van der Waals surface area contributed by atoms with Gasteiger partial charge in [0.05, 0.1) is 17.1 Å². The van der Waals surface area contributed by atoms with Crippen LogP contribution < -0.4 is 0 Å². The Morgan fingerprint density at radius 3 is 0.907 bits per heavy atom. The molecule has 15 nitrogen and oxygen atoms in total. The van der Waals surface area contributed by atoms with Crippen molar-refractivity contribution in [1.29, 1.82) is 0 Å². The molecule has 0 N–H and O–H groups in total. The van der Waals surface area contributed by atoms with Crippen molar-refractivity contribution in [3.05, 3.63) is 127 Å². The molecule has 0 unspecified atom stereocenters. The first-order valence-corrected chi connectivity index (χ1v) is 17.1. The number of para-hydroxylation sites is 3. The van der Waals surface area contributed by atoms with Gasteiger partial charge in [0.2, 0.25) is 17.5 Å². The van der Waals surface area contributed by atoms with E-state index in [1.165, 1.54) is 0 Å². The minimum absolute atomic E-state index is 0.242. The molecule has 7 heterocycles. The Balaban J connectivity index is 1.33. The van der Waals surface area contributed by atoms with Crippen molar-refractivity contribution in [1.82, 2.24) is 73.5 Å². The van der Waals surface area contributed by atoms with Crippen LogP contribution in [0.1, 0.15) is 16.7 Å². The van der Waals surface area contributed by atoms with Crippen LogP contribution in [-0.2, 0) is 0 Å². The van der Waals surface area contributed by atoms with Crippen LogP contribution >= 0.6 is 0 Å². The molecule has 0 saturated carbocycles. The smallest absolute Gasteiger partial charge is 0.200 e. The summed E-state index contributed by atoms with van der Waals surface area (Å²) in [6, 6.07) is 23.9. The maximum atomic E-state index is 5.13. The van der Waals surface area contributed by atoms with E-state index in [1.807, 2.05) is 107 Å². The number of aryl methyl sites for hydroxylation is 3. The Morgan fingerprint density at radius 1 is 0.333 bits per heavy atom. The molecule has 10 aromatic rings. The Morgan fingerprint density at radius 2 is 0.611 bits per heavy atom. The summed E-state index contributed by atoms with van der Waals surface area (Å²) in [4.78, 5) is 58.1. The van der Waals surface area contributed by atoms with E-state index in [1.54, 1.807) is 37.2 Å². The molecule has 258 valence electrons. The first kappa shape index (κ1) is 31.1. The van der Waals surface area contributed by atoms with Gasteiger partial charge in [-0.2, -0.15) is 0 Å². The SMILES string of the molecule is Cc1ccccc1-n1c(-c2nc(-c3nc4nccnc4n3-c3ccccc3C)nc(-c3nc4nccnc4n3-c3ccccc3C)n2)nc2nccnc21. The maximum Gasteiger partial charge on any atom is 0.200 e. The molecular formula is C39H27N15. The number of nitrogens with zero attached hydrogens (tertiary/aromatic N) is 15. The van der Waals surface area contributed by atoms with E-state index in [4.69, 9.17) is 44.9 Å². The lowest BCUT2D eigenvalue weighted by Gasteiger charge is -2.14. The van der Waals surface area contributed by atoms with Crippen LogP contribution in [0.2, 0.25) is 0 Å². The highest BCUT2D eigenvalue weighted by Gasteiger charge is 2.28. The number of rotatable bonds is 6. The average Bonchev–Trinajstić information content (AvgIpc) is 3.91.